The summed E-state index contributed by atoms with van der Waals surface area (Å²) in [6.07, 6.45) is 0. The van der Waals surface area contributed by atoms with E-state index in [0.717, 1.165) is 15.8 Å². The third kappa shape index (κ3) is 1.86. The second-order valence-corrected chi connectivity index (χ2v) is 5.54. The minimum atomic E-state index is -0.421. The highest BCUT2D eigenvalue weighted by Gasteiger charge is 2.42. The van der Waals surface area contributed by atoms with Gasteiger partial charge in [0.2, 0.25) is 5.91 Å². The molecule has 0 radical (unpaired) electrons. The van der Waals surface area contributed by atoms with Crippen LogP contribution in [-0.4, -0.2) is 37.5 Å². The number of nitrogens with zero attached hydrogens (tertiary/aromatic N) is 2. The molecule has 0 aromatic heterocycles. The van der Waals surface area contributed by atoms with E-state index in [4.69, 9.17) is 0 Å². The van der Waals surface area contributed by atoms with Crippen LogP contribution in [-0.2, 0) is 9.59 Å². The van der Waals surface area contributed by atoms with E-state index in [9.17, 15) is 9.59 Å². The van der Waals surface area contributed by atoms with E-state index in [2.05, 4.69) is 21.2 Å². The Morgan fingerprint density at radius 3 is 2.89 bits per heavy atom. The Morgan fingerprint density at radius 2 is 2.16 bits per heavy atom. The Bertz CT molecular complexity index is 561. The van der Waals surface area contributed by atoms with Crippen LogP contribution < -0.4 is 15.1 Å². The maximum atomic E-state index is 12.5. The maximum absolute atomic E-state index is 12.5. The molecular formula is C13H14BrN3O2. The number of rotatable bonds is 1. The zero-order valence-corrected chi connectivity index (χ0v) is 12.1. The molecule has 6 heteroatoms. The summed E-state index contributed by atoms with van der Waals surface area (Å²) in [6, 6.07) is 5.26. The van der Waals surface area contributed by atoms with Crippen LogP contribution in [0.3, 0.4) is 0 Å². The number of carbonyl (C=O) groups excluding carboxylic acids is 2. The topological polar surface area (TPSA) is 52.7 Å². The van der Waals surface area contributed by atoms with Crippen molar-refractivity contribution in [2.75, 3.05) is 29.4 Å². The molecule has 5 nitrogen and oxygen atoms in total. The second kappa shape index (κ2) is 4.61. The molecule has 2 aliphatic rings. The smallest absolute Gasteiger partial charge is 0.251 e. The van der Waals surface area contributed by atoms with E-state index in [1.54, 1.807) is 9.80 Å². The highest BCUT2D eigenvalue weighted by molar-refractivity contribution is 9.10. The fourth-order valence-electron chi connectivity index (χ4n) is 2.71. The summed E-state index contributed by atoms with van der Waals surface area (Å²) in [6.45, 7) is 3.33. The van der Waals surface area contributed by atoms with Gasteiger partial charge in [-0.15, -0.1) is 0 Å². The number of benzene rings is 1. The molecule has 1 atom stereocenters. The number of piperazine rings is 1. The number of hydrogen-bond acceptors (Lipinski definition) is 3. The molecule has 1 saturated heterocycles. The van der Waals surface area contributed by atoms with E-state index < -0.39 is 6.04 Å². The number of hydrogen-bond donors (Lipinski definition) is 1. The van der Waals surface area contributed by atoms with Crippen LogP contribution in [0.5, 0.6) is 0 Å². The van der Waals surface area contributed by atoms with E-state index >= 15 is 0 Å². The molecule has 1 unspecified atom stereocenters. The normalized spacial score (nSPS) is 22.3. The number of likely N-dealkylation sites (N-methyl/N-ethyl adjacent to an activating group) is 1. The third-order valence-electron chi connectivity index (χ3n) is 3.55. The highest BCUT2D eigenvalue weighted by Crippen LogP contribution is 2.38. The van der Waals surface area contributed by atoms with Gasteiger partial charge in [-0.2, -0.15) is 0 Å². The van der Waals surface area contributed by atoms with Gasteiger partial charge in [-0.3, -0.25) is 14.5 Å². The predicted molar refractivity (Wildman–Crippen MR) is 76.3 cm³/mol. The van der Waals surface area contributed by atoms with Gasteiger partial charge in [0.15, 0.2) is 0 Å². The average Bonchev–Trinajstić information content (AvgIpc) is 2.39. The minimum Gasteiger partial charge on any atom is -0.309 e. The lowest BCUT2D eigenvalue weighted by Gasteiger charge is -2.43. The van der Waals surface area contributed by atoms with Crippen molar-refractivity contribution in [3.05, 3.63) is 22.7 Å². The van der Waals surface area contributed by atoms with Crippen LogP contribution in [0.2, 0.25) is 0 Å². The van der Waals surface area contributed by atoms with Crippen molar-refractivity contribution < 1.29 is 9.59 Å². The van der Waals surface area contributed by atoms with Crippen LogP contribution in [0, 0.1) is 0 Å². The molecule has 0 spiro atoms. The number of halogens is 1. The lowest BCUT2D eigenvalue weighted by molar-refractivity contribution is -0.126. The van der Waals surface area contributed by atoms with E-state index in [0.29, 0.717) is 13.1 Å². The van der Waals surface area contributed by atoms with E-state index in [1.165, 1.54) is 0 Å². The van der Waals surface area contributed by atoms with Gasteiger partial charge in [0, 0.05) is 17.6 Å². The molecule has 2 aliphatic heterocycles. The molecular weight excluding hydrogens is 310 g/mol. The molecule has 2 heterocycles. The Morgan fingerprint density at radius 1 is 1.37 bits per heavy atom. The number of amides is 2. The first-order valence-electron chi connectivity index (χ1n) is 6.27. The van der Waals surface area contributed by atoms with Crippen LogP contribution in [0.15, 0.2) is 22.7 Å². The number of anilines is 2. The van der Waals surface area contributed by atoms with Gasteiger partial charge in [-0.1, -0.05) is 15.9 Å². The quantitative estimate of drug-likeness (QED) is 0.842. The first-order chi connectivity index (χ1) is 9.13. The van der Waals surface area contributed by atoms with Crippen LogP contribution >= 0.6 is 15.9 Å². The van der Waals surface area contributed by atoms with Gasteiger partial charge in [0.25, 0.3) is 5.91 Å². The van der Waals surface area contributed by atoms with Crippen LogP contribution in [0.1, 0.15) is 6.92 Å². The van der Waals surface area contributed by atoms with Crippen molar-refractivity contribution in [2.24, 2.45) is 0 Å². The molecule has 0 saturated carbocycles. The maximum Gasteiger partial charge on any atom is 0.251 e. The first-order valence-corrected chi connectivity index (χ1v) is 7.06. The molecule has 0 bridgehead atoms. The third-order valence-corrected chi connectivity index (χ3v) is 4.04. The van der Waals surface area contributed by atoms with E-state index in [-0.39, 0.29) is 18.4 Å². The molecule has 1 fully saturated rings. The predicted octanol–water partition coefficient (Wildman–Crippen LogP) is 1.12. The van der Waals surface area contributed by atoms with Crippen molar-refractivity contribution in [2.45, 2.75) is 13.0 Å². The fourth-order valence-corrected chi connectivity index (χ4v) is 3.06. The molecule has 100 valence electrons. The zero-order valence-electron chi connectivity index (χ0n) is 10.5. The SMILES string of the molecule is CCN1C(=O)C2CNCC(=O)N2c2ccc(Br)cc21. The minimum absolute atomic E-state index is 0.0198. The van der Waals surface area contributed by atoms with Gasteiger partial charge < -0.3 is 10.2 Å². The Balaban J connectivity index is 2.18. The van der Waals surface area contributed by atoms with E-state index in [1.807, 2.05) is 25.1 Å². The molecule has 1 aromatic carbocycles. The number of fused-ring (bicyclic) bond motifs is 3. The van der Waals surface area contributed by atoms with Gasteiger partial charge in [-0.25, -0.2) is 0 Å². The lowest BCUT2D eigenvalue weighted by Crippen LogP contribution is -2.64. The standard InChI is InChI=1S/C13H14BrN3O2/c1-2-16-10-5-8(14)3-4-9(10)17-11(13(16)19)6-15-7-12(17)18/h3-5,11,15H,2,6-7H2,1H3. The Labute approximate surface area is 119 Å². The summed E-state index contributed by atoms with van der Waals surface area (Å²) in [7, 11) is 0. The number of nitrogens with one attached hydrogen (secondary N) is 1. The van der Waals surface area contributed by atoms with Gasteiger partial charge in [-0.05, 0) is 25.1 Å². The fraction of sp³-hybridized carbons (Fsp3) is 0.385. The van der Waals surface area contributed by atoms with Crippen molar-refractivity contribution in [3.63, 3.8) is 0 Å². The van der Waals surface area contributed by atoms with Gasteiger partial charge in [0.1, 0.15) is 6.04 Å². The highest BCUT2D eigenvalue weighted by atomic mass is 79.9. The summed E-state index contributed by atoms with van der Waals surface area (Å²) in [4.78, 5) is 28.0. The van der Waals surface area contributed by atoms with Crippen molar-refractivity contribution in [3.8, 4) is 0 Å². The van der Waals surface area contributed by atoms with Crippen LogP contribution in [0.25, 0.3) is 0 Å². The molecule has 1 aromatic rings. The molecule has 19 heavy (non-hydrogen) atoms. The van der Waals surface area contributed by atoms with Crippen molar-refractivity contribution in [1.29, 1.82) is 0 Å². The summed E-state index contributed by atoms with van der Waals surface area (Å²) >= 11 is 3.42. The monoisotopic (exact) mass is 323 g/mol. The lowest BCUT2D eigenvalue weighted by atomic mass is 10.0. The Hall–Kier alpha value is -1.40. The molecule has 2 amide bonds. The van der Waals surface area contributed by atoms with Gasteiger partial charge >= 0.3 is 0 Å². The molecule has 1 N–H and O–H groups in total. The average molecular weight is 324 g/mol. The molecule has 3 rings (SSSR count). The van der Waals surface area contributed by atoms with Crippen molar-refractivity contribution >= 4 is 39.1 Å². The molecule has 0 aliphatic carbocycles. The Kier molecular flexibility index (Phi) is 3.06. The van der Waals surface area contributed by atoms with Gasteiger partial charge in [0.05, 0.1) is 17.9 Å². The summed E-state index contributed by atoms with van der Waals surface area (Å²) < 4.78 is 0.901. The van der Waals surface area contributed by atoms with Crippen molar-refractivity contribution in [1.82, 2.24) is 5.32 Å². The zero-order chi connectivity index (χ0) is 13.6. The summed E-state index contributed by atoms with van der Waals surface area (Å²) in [5.41, 5.74) is 1.62. The first kappa shape index (κ1) is 12.6. The second-order valence-electron chi connectivity index (χ2n) is 4.63. The largest absolute Gasteiger partial charge is 0.309 e. The number of carbonyl (C=O) groups is 2. The summed E-state index contributed by atoms with van der Waals surface area (Å²) in [5.74, 6) is -0.0717. The summed E-state index contributed by atoms with van der Waals surface area (Å²) in [5, 5.41) is 3.00. The van der Waals surface area contributed by atoms with Crippen LogP contribution in [0.4, 0.5) is 11.4 Å².